The Bertz CT molecular complexity index is 538. The van der Waals surface area contributed by atoms with Gasteiger partial charge in [-0.2, -0.15) is 20.3 Å². The second kappa shape index (κ2) is 6.19. The predicted molar refractivity (Wildman–Crippen MR) is 79.6 cm³/mol. The molecule has 2 heterocycles. The average Bonchev–Trinajstić information content (AvgIpc) is 2.91. The van der Waals surface area contributed by atoms with Crippen LogP contribution in [0.2, 0.25) is 0 Å². The van der Waals surface area contributed by atoms with Crippen molar-refractivity contribution >= 4 is 23.8 Å². The molecule has 0 saturated carbocycles. The van der Waals surface area contributed by atoms with Gasteiger partial charge in [-0.25, -0.2) is 0 Å². The van der Waals surface area contributed by atoms with Crippen molar-refractivity contribution in [2.75, 3.05) is 29.1 Å². The topological polar surface area (TPSA) is 103 Å². The van der Waals surface area contributed by atoms with Crippen LogP contribution in [0.1, 0.15) is 32.3 Å². The quantitative estimate of drug-likeness (QED) is 0.637. The molecule has 0 unspecified atom stereocenters. The van der Waals surface area contributed by atoms with E-state index in [1.165, 1.54) is 0 Å². The van der Waals surface area contributed by atoms with E-state index in [9.17, 15) is 5.26 Å². The van der Waals surface area contributed by atoms with Gasteiger partial charge in [0.15, 0.2) is 11.6 Å². The molecule has 1 aromatic heterocycles. The Morgan fingerprint density at radius 3 is 2.70 bits per heavy atom. The van der Waals surface area contributed by atoms with Crippen LogP contribution < -0.4 is 16.1 Å². The second-order valence-electron chi connectivity index (χ2n) is 5.07. The highest BCUT2D eigenvalue weighted by atomic mass is 15.3. The molecule has 7 heteroatoms. The van der Waals surface area contributed by atoms with Crippen LogP contribution in [0.25, 0.3) is 0 Å². The number of nitrogen functional groups attached to an aromatic ring is 1. The first kappa shape index (κ1) is 14.1. The summed E-state index contributed by atoms with van der Waals surface area (Å²) in [6.45, 7) is 5.81. The van der Waals surface area contributed by atoms with Gasteiger partial charge in [0, 0.05) is 19.3 Å². The number of hydrogen-bond acceptors (Lipinski definition) is 7. The summed E-state index contributed by atoms with van der Waals surface area (Å²) in [7, 11) is 0. The lowest BCUT2D eigenvalue weighted by molar-refractivity contribution is 0.902. The van der Waals surface area contributed by atoms with Gasteiger partial charge in [-0.05, 0) is 18.8 Å². The molecule has 0 radical (unpaired) electrons. The Balaban J connectivity index is 2.33. The molecule has 0 atom stereocenters. The Morgan fingerprint density at radius 1 is 1.40 bits per heavy atom. The summed E-state index contributed by atoms with van der Waals surface area (Å²) in [5, 5.41) is 13.4. The minimum atomic E-state index is 0.146. The van der Waals surface area contributed by atoms with Crippen molar-refractivity contribution in [3.8, 4) is 6.07 Å². The van der Waals surface area contributed by atoms with Crippen molar-refractivity contribution in [2.24, 2.45) is 11.0 Å². The number of nitrogens with zero attached hydrogens (tertiary/aromatic N) is 5. The van der Waals surface area contributed by atoms with E-state index in [0.29, 0.717) is 23.1 Å². The molecule has 1 aromatic rings. The zero-order chi connectivity index (χ0) is 14.5. The summed E-state index contributed by atoms with van der Waals surface area (Å²) < 4.78 is 0. The molecule has 106 valence electrons. The molecule has 3 N–H and O–H groups in total. The molecule has 0 aromatic carbocycles. The Hall–Kier alpha value is -2.36. The number of hydrogen-bond donors (Lipinski definition) is 2. The fourth-order valence-electron chi connectivity index (χ4n) is 2.05. The molecule has 7 nitrogen and oxygen atoms in total. The van der Waals surface area contributed by atoms with Crippen molar-refractivity contribution in [1.82, 2.24) is 9.97 Å². The van der Waals surface area contributed by atoms with Crippen LogP contribution in [0.5, 0.6) is 0 Å². The van der Waals surface area contributed by atoms with Crippen LogP contribution in [-0.2, 0) is 0 Å². The molecular formula is C13H19N7. The molecule has 0 bridgehead atoms. The Morgan fingerprint density at radius 2 is 2.10 bits per heavy atom. The monoisotopic (exact) mass is 273 g/mol. The van der Waals surface area contributed by atoms with Crippen molar-refractivity contribution < 1.29 is 0 Å². The maximum absolute atomic E-state index is 9.37. The minimum Gasteiger partial charge on any atom is -0.368 e. The predicted octanol–water partition coefficient (Wildman–Crippen LogP) is 1.58. The van der Waals surface area contributed by atoms with Crippen molar-refractivity contribution in [2.45, 2.75) is 26.7 Å². The first-order chi connectivity index (χ1) is 9.61. The van der Waals surface area contributed by atoms with Gasteiger partial charge in [-0.1, -0.05) is 13.8 Å². The fraction of sp³-hybridized carbons (Fsp3) is 0.538. The lowest BCUT2D eigenvalue weighted by Crippen LogP contribution is -2.22. The number of nitriles is 1. The summed E-state index contributed by atoms with van der Waals surface area (Å²) >= 11 is 0. The number of anilines is 3. The first-order valence-electron chi connectivity index (χ1n) is 6.73. The van der Waals surface area contributed by atoms with Crippen molar-refractivity contribution in [3.63, 3.8) is 0 Å². The highest BCUT2D eigenvalue weighted by Crippen LogP contribution is 2.27. The minimum absolute atomic E-state index is 0.146. The molecule has 20 heavy (non-hydrogen) atoms. The van der Waals surface area contributed by atoms with Crippen molar-refractivity contribution in [1.29, 1.82) is 5.26 Å². The van der Waals surface area contributed by atoms with Gasteiger partial charge in [0.2, 0.25) is 5.95 Å². The Labute approximate surface area is 118 Å². The molecule has 0 amide bonds. The number of aromatic nitrogens is 2. The lowest BCUT2D eigenvalue weighted by atomic mass is 10.2. The SMILES string of the molecule is CC(C)/C=N/Nc1nc(N)nc(N2CCCC2)c1C#N. The standard InChI is InChI=1S/C13H19N7/c1-9(2)8-16-19-11-10(7-14)12(18-13(15)17-11)20-5-3-4-6-20/h8-9H,3-6H2,1-2H3,(H3,15,17,18,19)/b16-8+. The van der Waals surface area contributed by atoms with E-state index >= 15 is 0 Å². The van der Waals surface area contributed by atoms with Crippen LogP contribution in [-0.4, -0.2) is 29.3 Å². The lowest BCUT2D eigenvalue weighted by Gasteiger charge is -2.18. The molecule has 1 fully saturated rings. The highest BCUT2D eigenvalue weighted by Gasteiger charge is 2.21. The summed E-state index contributed by atoms with van der Waals surface area (Å²) in [6.07, 6.45) is 3.95. The van der Waals surface area contributed by atoms with E-state index in [1.807, 2.05) is 13.8 Å². The van der Waals surface area contributed by atoms with E-state index in [0.717, 1.165) is 25.9 Å². The fourth-order valence-corrected chi connectivity index (χ4v) is 2.05. The molecule has 2 rings (SSSR count). The van der Waals surface area contributed by atoms with Crippen LogP contribution in [0.4, 0.5) is 17.6 Å². The maximum Gasteiger partial charge on any atom is 0.224 e. The van der Waals surface area contributed by atoms with E-state index in [1.54, 1.807) is 6.21 Å². The third-order valence-corrected chi connectivity index (χ3v) is 2.97. The van der Waals surface area contributed by atoms with Gasteiger partial charge < -0.3 is 10.6 Å². The van der Waals surface area contributed by atoms with Gasteiger partial charge in [-0.15, -0.1) is 0 Å². The summed E-state index contributed by atoms with van der Waals surface area (Å²) in [5.74, 6) is 1.41. The van der Waals surface area contributed by atoms with Crippen LogP contribution >= 0.6 is 0 Å². The van der Waals surface area contributed by atoms with Crippen LogP contribution in [0, 0.1) is 17.2 Å². The molecule has 1 aliphatic rings. The van der Waals surface area contributed by atoms with Gasteiger partial charge in [0.25, 0.3) is 0 Å². The number of nitrogens with one attached hydrogen (secondary N) is 1. The third kappa shape index (κ3) is 3.15. The van der Waals surface area contributed by atoms with E-state index in [-0.39, 0.29) is 5.95 Å². The molecule has 0 spiro atoms. The van der Waals surface area contributed by atoms with Crippen molar-refractivity contribution in [3.05, 3.63) is 5.56 Å². The Kier molecular flexibility index (Phi) is 4.35. The number of nitrogens with two attached hydrogens (primary N) is 1. The average molecular weight is 273 g/mol. The highest BCUT2D eigenvalue weighted by molar-refractivity contribution is 5.69. The molecule has 0 aliphatic carbocycles. The summed E-state index contributed by atoms with van der Waals surface area (Å²) in [6, 6.07) is 2.15. The van der Waals surface area contributed by atoms with E-state index in [4.69, 9.17) is 5.73 Å². The second-order valence-corrected chi connectivity index (χ2v) is 5.07. The van der Waals surface area contributed by atoms with Gasteiger partial charge in [0.1, 0.15) is 11.6 Å². The largest absolute Gasteiger partial charge is 0.368 e. The number of rotatable bonds is 4. The zero-order valence-corrected chi connectivity index (χ0v) is 11.8. The maximum atomic E-state index is 9.37. The third-order valence-electron chi connectivity index (χ3n) is 2.97. The zero-order valence-electron chi connectivity index (χ0n) is 11.8. The van der Waals surface area contributed by atoms with Gasteiger partial charge >= 0.3 is 0 Å². The van der Waals surface area contributed by atoms with Gasteiger partial charge in [-0.3, -0.25) is 5.43 Å². The number of hydrazone groups is 1. The van der Waals surface area contributed by atoms with E-state index in [2.05, 4.69) is 31.5 Å². The summed E-state index contributed by atoms with van der Waals surface area (Å²) in [5.41, 5.74) is 8.91. The molecule has 1 saturated heterocycles. The van der Waals surface area contributed by atoms with Crippen LogP contribution in [0.3, 0.4) is 0 Å². The normalized spacial score (nSPS) is 15.0. The molecular weight excluding hydrogens is 254 g/mol. The van der Waals surface area contributed by atoms with Gasteiger partial charge in [0.05, 0.1) is 0 Å². The van der Waals surface area contributed by atoms with E-state index < -0.39 is 0 Å². The molecule has 1 aliphatic heterocycles. The first-order valence-corrected chi connectivity index (χ1v) is 6.73. The van der Waals surface area contributed by atoms with Crippen LogP contribution in [0.15, 0.2) is 5.10 Å². The summed E-state index contributed by atoms with van der Waals surface area (Å²) in [4.78, 5) is 10.3. The smallest absolute Gasteiger partial charge is 0.224 e.